The normalized spacial score (nSPS) is 19.1. The van der Waals surface area contributed by atoms with Gasteiger partial charge < -0.3 is 210 Å². The number of hydrogen-bond acceptors (Lipinski definition) is 52. The highest BCUT2D eigenvalue weighted by atomic mass is 16.8. The highest BCUT2D eigenvalue weighted by Gasteiger charge is 2.58. The third kappa shape index (κ3) is 16.2. The summed E-state index contributed by atoms with van der Waals surface area (Å²) in [7, 11) is 0. The summed E-state index contributed by atoms with van der Waals surface area (Å²) < 4.78 is 74.5. The maximum Gasteiger partial charge on any atom is 0.342 e. The summed E-state index contributed by atoms with van der Waals surface area (Å²) in [6.07, 6.45) is -29.0. The number of rotatable bonds is 14. The highest BCUT2D eigenvalue weighted by molar-refractivity contribution is 6.11. The lowest BCUT2D eigenvalue weighted by Crippen LogP contribution is -2.63. The molecule has 4 aliphatic rings. The first-order chi connectivity index (χ1) is 63.0. The number of phenols is 29. The van der Waals surface area contributed by atoms with Gasteiger partial charge in [0.15, 0.2) is 168 Å². The van der Waals surface area contributed by atoms with E-state index in [1.165, 1.54) is 0 Å². The summed E-state index contributed by atoms with van der Waals surface area (Å²) >= 11 is 0. The minimum absolute atomic E-state index is 0.0294. The van der Waals surface area contributed by atoms with Gasteiger partial charge in [0.25, 0.3) is 0 Å². The first kappa shape index (κ1) is 91.0. The van der Waals surface area contributed by atoms with Gasteiger partial charge in [0.1, 0.15) is 31.0 Å². The number of hydrogen-bond donors (Lipinski definition) is 29. The minimum Gasteiger partial charge on any atom is -0.504 e. The van der Waals surface area contributed by atoms with Gasteiger partial charge in [-0.15, -0.1) is 0 Å². The van der Waals surface area contributed by atoms with Crippen LogP contribution in [0.4, 0.5) is 0 Å². The Morgan fingerprint density at radius 3 is 0.791 bits per heavy atom. The van der Waals surface area contributed by atoms with E-state index in [9.17, 15) is 182 Å². The van der Waals surface area contributed by atoms with Crippen LogP contribution < -0.4 is 4.74 Å². The summed E-state index contributed by atoms with van der Waals surface area (Å²) in [5, 5.41) is 316. The monoisotopic (exact) mass is 1870 g/mol. The molecule has 14 rings (SSSR count). The fourth-order valence-electron chi connectivity index (χ4n) is 13.9. The van der Waals surface area contributed by atoms with E-state index in [-0.39, 0.29) is 24.3 Å². The predicted molar refractivity (Wildman–Crippen MR) is 415 cm³/mol. The van der Waals surface area contributed by atoms with E-state index in [4.69, 9.17) is 61.6 Å². The van der Waals surface area contributed by atoms with Crippen LogP contribution in [-0.4, -0.2) is 282 Å². The SMILES string of the molecule is O=C(OC1OC2COC(=O)c3cc(O)c(O)c(O)c3-c3c(cc(Oc4c(C(=O)OC5C(OC(=O)c6cc(O)c(O)c(O)c6)OC6COC(=O)c7cc(O)c(O)c(O)c7-c7c(cc(O)c(O)c7O)C(=O)OC6C5OC(=O)c5cc(O)c(O)c(O)c5)cc(O)c(O)c4O)c(O)c3O)C(=O)OC2C(OC(=O)c2cc(O)c(O)c(O)c2)C1OC(=O)c1cc(O)c(O)c(O)c1)c1cc(O)c(O)c(O)c1. The molecule has 10 aromatic rings. The maximum atomic E-state index is 15.9. The third-order valence-corrected chi connectivity index (χ3v) is 20.4. The molecule has 52 heteroatoms. The van der Waals surface area contributed by atoms with Crippen molar-refractivity contribution in [1.29, 1.82) is 0 Å². The molecule has 0 amide bonds. The molecule has 10 atom stereocenters. The standard InChI is InChI=1S/C82H58O52/c83-28-1-18(2-29(84)49(28)97)71(112)129-67-65-43(125-81(133-74(115)21-7-34(89)52(100)35(90)8-21)69(67)131-73(114)20-5-32(87)51(99)33(88)6-20)16-123-77(118)24-12-39(94)55(103)60(108)46(24)48-26(79(120)128-65)15-42(58(106)62(48)110)124-64-27(14-41(96)57(105)63(64)111)80(121)132-70-68(130-72(113)19-3-30(85)50(98)31(86)4-19)66-44(126-82(70)134-75(116)22-9-36(91)53(101)37(92)10-22)17-122-76(117)23-11-38(93)54(102)59(107)45(23)47-25(78(119)127-66)13-40(95)56(104)61(47)109/h1-15,43-44,65-70,81-111H,16-17H2. The van der Waals surface area contributed by atoms with Crippen molar-refractivity contribution in [1.82, 2.24) is 0 Å². The number of benzene rings is 10. The van der Waals surface area contributed by atoms with Crippen molar-refractivity contribution in [2.45, 2.75) is 61.4 Å². The van der Waals surface area contributed by atoms with Gasteiger partial charge in [0, 0.05) is 34.4 Å². The molecule has 698 valence electrons. The Morgan fingerprint density at radius 1 is 0.246 bits per heavy atom. The molecule has 10 unspecified atom stereocenters. The van der Waals surface area contributed by atoms with Crippen LogP contribution in [0.3, 0.4) is 0 Å². The zero-order valence-electron chi connectivity index (χ0n) is 65.7. The first-order valence-corrected chi connectivity index (χ1v) is 37.0. The second-order valence-electron chi connectivity index (χ2n) is 28.7. The number of fused-ring (bicyclic) bond motifs is 8. The highest BCUT2D eigenvalue weighted by Crippen LogP contribution is 2.58. The number of phenolic OH excluding ortho intramolecular Hbond substituents is 29. The van der Waals surface area contributed by atoms with Gasteiger partial charge in [-0.2, -0.15) is 0 Å². The molecular weight excluding hydrogens is 1820 g/mol. The van der Waals surface area contributed by atoms with Crippen LogP contribution >= 0.6 is 0 Å². The molecule has 10 aromatic carbocycles. The summed E-state index contributed by atoms with van der Waals surface area (Å²) in [4.78, 5) is 149. The quantitative estimate of drug-likeness (QED) is 0.0419. The van der Waals surface area contributed by atoms with Crippen molar-refractivity contribution in [2.24, 2.45) is 0 Å². The number of cyclic esters (lactones) is 2. The number of ether oxygens (including phenoxy) is 13. The van der Waals surface area contributed by atoms with Crippen LogP contribution in [0.1, 0.15) is 104 Å². The van der Waals surface area contributed by atoms with E-state index >= 15 is 14.4 Å². The molecule has 0 aliphatic carbocycles. The van der Waals surface area contributed by atoms with Crippen molar-refractivity contribution in [3.8, 4) is 200 Å². The number of carbonyl (C=O) groups excluding carboxylic acids is 10. The second-order valence-corrected chi connectivity index (χ2v) is 28.7. The van der Waals surface area contributed by atoms with Crippen LogP contribution in [0, 0.1) is 0 Å². The van der Waals surface area contributed by atoms with Gasteiger partial charge in [0.05, 0.1) is 50.1 Å². The zero-order chi connectivity index (χ0) is 97.7. The molecule has 29 N–H and O–H groups in total. The Bertz CT molecular complexity index is 6630. The lowest BCUT2D eigenvalue weighted by atomic mass is 9.91. The molecule has 0 spiro atoms. The molecule has 52 nitrogen and oxygen atoms in total. The maximum absolute atomic E-state index is 15.9. The molecule has 4 heterocycles. The average Bonchev–Trinajstić information content (AvgIpc) is 0.785. The van der Waals surface area contributed by atoms with Crippen molar-refractivity contribution in [3.05, 3.63) is 147 Å². The van der Waals surface area contributed by atoms with Crippen molar-refractivity contribution < 1.29 is 258 Å². The van der Waals surface area contributed by atoms with Gasteiger partial charge in [-0.25, -0.2) is 47.9 Å². The van der Waals surface area contributed by atoms with Gasteiger partial charge >= 0.3 is 59.7 Å². The molecule has 0 saturated carbocycles. The second kappa shape index (κ2) is 34.2. The summed E-state index contributed by atoms with van der Waals surface area (Å²) in [5.74, 6) is -66.8. The third-order valence-electron chi connectivity index (χ3n) is 20.4. The lowest BCUT2D eigenvalue weighted by Gasteiger charge is -2.43. The van der Waals surface area contributed by atoms with Gasteiger partial charge in [-0.05, 0) is 78.9 Å². The lowest BCUT2D eigenvalue weighted by molar-refractivity contribution is -0.282. The van der Waals surface area contributed by atoms with E-state index in [1.807, 2.05) is 0 Å². The van der Waals surface area contributed by atoms with Crippen LogP contribution in [0.25, 0.3) is 22.3 Å². The minimum atomic E-state index is -3.17. The molecule has 0 aromatic heterocycles. The van der Waals surface area contributed by atoms with E-state index in [1.54, 1.807) is 0 Å². The number of aromatic hydroxyl groups is 29. The Hall–Kier alpha value is -19.2. The van der Waals surface area contributed by atoms with Crippen molar-refractivity contribution in [2.75, 3.05) is 13.2 Å². The molecule has 0 radical (unpaired) electrons. The van der Waals surface area contributed by atoms with Gasteiger partial charge in [-0.1, -0.05) is 0 Å². The largest absolute Gasteiger partial charge is 0.504 e. The molecule has 4 aliphatic heterocycles. The number of esters is 10. The summed E-state index contributed by atoms with van der Waals surface area (Å²) in [6, 6.07) is 4.72. The zero-order valence-corrected chi connectivity index (χ0v) is 65.7. The Kier molecular flexibility index (Phi) is 23.2. The molecular formula is C82H58O52. The van der Waals surface area contributed by atoms with Crippen LogP contribution in [0.2, 0.25) is 0 Å². The number of carbonyl (C=O) groups is 10. The van der Waals surface area contributed by atoms with Gasteiger partial charge in [0.2, 0.25) is 59.3 Å². The Morgan fingerprint density at radius 2 is 0.485 bits per heavy atom. The van der Waals surface area contributed by atoms with Gasteiger partial charge in [-0.3, -0.25) is 0 Å². The Balaban J connectivity index is 0.939. The molecule has 2 saturated heterocycles. The van der Waals surface area contributed by atoms with E-state index in [0.29, 0.717) is 66.7 Å². The van der Waals surface area contributed by atoms with E-state index in [0.717, 1.165) is 0 Å². The Labute approximate surface area is 736 Å². The van der Waals surface area contributed by atoms with Crippen LogP contribution in [0.15, 0.2) is 91.0 Å². The topological polar surface area (TPSA) is 877 Å². The smallest absolute Gasteiger partial charge is 0.342 e. The predicted octanol–water partition coefficient (Wildman–Crippen LogP) is 3.73. The average molecular weight is 1880 g/mol. The van der Waals surface area contributed by atoms with E-state index < -0.39 is 390 Å². The van der Waals surface area contributed by atoms with Crippen LogP contribution in [0.5, 0.6) is 178 Å². The summed E-state index contributed by atoms with van der Waals surface area (Å²) in [5.41, 5.74) is -18.0. The molecule has 134 heavy (non-hydrogen) atoms. The van der Waals surface area contributed by atoms with Crippen molar-refractivity contribution in [3.63, 3.8) is 0 Å². The molecule has 2 fully saturated rings. The fraction of sp³-hybridized carbons (Fsp3) is 0.146. The summed E-state index contributed by atoms with van der Waals surface area (Å²) in [6.45, 7) is -3.17. The first-order valence-electron chi connectivity index (χ1n) is 37.0. The van der Waals surface area contributed by atoms with Crippen LogP contribution in [-0.2, 0) is 56.8 Å². The fourth-order valence-corrected chi connectivity index (χ4v) is 13.9. The molecule has 0 bridgehead atoms. The van der Waals surface area contributed by atoms with E-state index in [2.05, 4.69) is 0 Å². The van der Waals surface area contributed by atoms with Crippen molar-refractivity contribution >= 4 is 59.7 Å².